The summed E-state index contributed by atoms with van der Waals surface area (Å²) in [5.41, 5.74) is 1.22. The molecule has 25 heavy (non-hydrogen) atoms. The maximum atomic E-state index is 12.2. The van der Waals surface area contributed by atoms with Crippen LogP contribution in [-0.4, -0.2) is 34.6 Å². The third-order valence-electron chi connectivity index (χ3n) is 3.27. The fraction of sp³-hybridized carbons (Fsp3) is 0.176. The highest BCUT2D eigenvalue weighted by Crippen LogP contribution is 2.14. The average Bonchev–Trinajstić information content (AvgIpc) is 2.62. The fourth-order valence-electron chi connectivity index (χ4n) is 2.02. The van der Waals surface area contributed by atoms with Crippen molar-refractivity contribution in [1.82, 2.24) is 4.72 Å². The summed E-state index contributed by atoms with van der Waals surface area (Å²) in [4.78, 5) is 12.3. The first kappa shape index (κ1) is 18.6. The third-order valence-corrected chi connectivity index (χ3v) is 4.75. The number of hydrogen-bond donors (Lipinski definition) is 2. The summed E-state index contributed by atoms with van der Waals surface area (Å²) in [5, 5.41) is 11.5. The number of rotatable bonds is 7. The molecule has 0 spiro atoms. The van der Waals surface area contributed by atoms with Gasteiger partial charge in [0.25, 0.3) is 5.91 Å². The number of benzene rings is 2. The van der Waals surface area contributed by atoms with Crippen LogP contribution in [0.15, 0.2) is 53.4 Å². The van der Waals surface area contributed by atoms with Crippen LogP contribution in [0.25, 0.3) is 0 Å². The minimum Gasteiger partial charge on any atom is -0.383 e. The van der Waals surface area contributed by atoms with Crippen molar-refractivity contribution in [2.45, 2.75) is 4.90 Å². The Bertz CT molecular complexity index is 887. The Labute approximate surface area is 146 Å². The Morgan fingerprint density at radius 3 is 2.56 bits per heavy atom. The lowest BCUT2D eigenvalue weighted by Gasteiger charge is -2.08. The van der Waals surface area contributed by atoms with Crippen molar-refractivity contribution in [3.63, 3.8) is 0 Å². The van der Waals surface area contributed by atoms with Crippen LogP contribution in [0.3, 0.4) is 0 Å². The molecule has 0 saturated carbocycles. The van der Waals surface area contributed by atoms with Crippen molar-refractivity contribution < 1.29 is 17.9 Å². The molecule has 0 saturated heterocycles. The molecule has 130 valence electrons. The molecule has 2 rings (SSSR count). The van der Waals surface area contributed by atoms with Crippen molar-refractivity contribution in [3.8, 4) is 6.07 Å². The van der Waals surface area contributed by atoms with E-state index in [1.165, 1.54) is 31.4 Å². The van der Waals surface area contributed by atoms with Crippen molar-refractivity contribution in [3.05, 3.63) is 59.7 Å². The zero-order chi connectivity index (χ0) is 18.3. The second-order valence-corrected chi connectivity index (χ2v) is 6.83. The number of carbonyl (C=O) groups excluding carboxylic acids is 1. The molecule has 0 bridgehead atoms. The molecule has 0 radical (unpaired) electrons. The highest BCUT2D eigenvalue weighted by molar-refractivity contribution is 7.89. The number of sulfonamides is 1. The Hall–Kier alpha value is -2.73. The second-order valence-electron chi connectivity index (χ2n) is 5.06. The number of hydrogen-bond acceptors (Lipinski definition) is 5. The molecule has 0 aromatic heterocycles. The van der Waals surface area contributed by atoms with Gasteiger partial charge in [-0.15, -0.1) is 0 Å². The first-order chi connectivity index (χ1) is 12.0. The predicted octanol–water partition coefficient (Wildman–Crippen LogP) is 1.74. The fourth-order valence-corrected chi connectivity index (χ4v) is 3.03. The number of anilines is 1. The minimum absolute atomic E-state index is 0.0617. The maximum absolute atomic E-state index is 12.2. The smallest absolute Gasteiger partial charge is 0.255 e. The average molecular weight is 359 g/mol. The molecule has 0 unspecified atom stereocenters. The minimum atomic E-state index is -3.64. The molecule has 2 aromatic carbocycles. The van der Waals surface area contributed by atoms with E-state index in [0.29, 0.717) is 16.8 Å². The van der Waals surface area contributed by atoms with E-state index in [1.54, 1.807) is 24.3 Å². The number of nitrogens with zero attached hydrogens (tertiary/aromatic N) is 1. The standard InChI is InChI=1S/C17H17N3O4S/c1-24-10-9-19-25(22,23)16-7-5-14(6-8-16)17(21)20-15-4-2-3-13(11-15)12-18/h2-8,11,19H,9-10H2,1H3,(H,20,21). The Kier molecular flexibility index (Phi) is 6.25. The maximum Gasteiger partial charge on any atom is 0.255 e. The molecular weight excluding hydrogens is 342 g/mol. The highest BCUT2D eigenvalue weighted by Gasteiger charge is 2.14. The van der Waals surface area contributed by atoms with Crippen molar-refractivity contribution in [2.24, 2.45) is 0 Å². The summed E-state index contributed by atoms with van der Waals surface area (Å²) in [5.74, 6) is -0.397. The monoisotopic (exact) mass is 359 g/mol. The van der Waals surface area contributed by atoms with E-state index >= 15 is 0 Å². The van der Waals surface area contributed by atoms with E-state index in [9.17, 15) is 13.2 Å². The molecular formula is C17H17N3O4S. The Morgan fingerprint density at radius 1 is 1.20 bits per heavy atom. The van der Waals surface area contributed by atoms with Crippen LogP contribution in [0, 0.1) is 11.3 Å². The van der Waals surface area contributed by atoms with Gasteiger partial charge in [0.2, 0.25) is 10.0 Å². The van der Waals surface area contributed by atoms with Crippen LogP contribution in [0.2, 0.25) is 0 Å². The third kappa shape index (κ3) is 5.12. The summed E-state index contributed by atoms with van der Waals surface area (Å²) in [7, 11) is -2.16. The number of nitrogens with one attached hydrogen (secondary N) is 2. The van der Waals surface area contributed by atoms with Gasteiger partial charge < -0.3 is 10.1 Å². The zero-order valence-corrected chi connectivity index (χ0v) is 14.3. The van der Waals surface area contributed by atoms with Gasteiger partial charge in [-0.1, -0.05) is 6.07 Å². The van der Waals surface area contributed by atoms with E-state index < -0.39 is 15.9 Å². The summed E-state index contributed by atoms with van der Waals surface area (Å²) in [6.45, 7) is 0.428. The Balaban J connectivity index is 2.08. The van der Waals surface area contributed by atoms with Gasteiger partial charge in [-0.2, -0.15) is 5.26 Å². The predicted molar refractivity (Wildman–Crippen MR) is 92.6 cm³/mol. The van der Waals surface area contributed by atoms with Gasteiger partial charge in [0, 0.05) is 24.9 Å². The molecule has 0 atom stereocenters. The number of ether oxygens (including phenoxy) is 1. The van der Waals surface area contributed by atoms with Crippen molar-refractivity contribution in [2.75, 3.05) is 25.6 Å². The van der Waals surface area contributed by atoms with Crippen LogP contribution in [0.4, 0.5) is 5.69 Å². The molecule has 7 nitrogen and oxygen atoms in total. The molecule has 2 N–H and O–H groups in total. The van der Waals surface area contributed by atoms with Gasteiger partial charge in [-0.25, -0.2) is 13.1 Å². The quantitative estimate of drug-likeness (QED) is 0.732. The SMILES string of the molecule is COCCNS(=O)(=O)c1ccc(C(=O)Nc2cccc(C#N)c2)cc1. The lowest BCUT2D eigenvalue weighted by atomic mass is 10.2. The van der Waals surface area contributed by atoms with Gasteiger partial charge in [0.1, 0.15) is 0 Å². The lowest BCUT2D eigenvalue weighted by molar-refractivity contribution is 0.102. The summed E-state index contributed by atoms with van der Waals surface area (Å²) >= 11 is 0. The second kappa shape index (κ2) is 8.39. The topological polar surface area (TPSA) is 108 Å². The normalized spacial score (nSPS) is 10.9. The van der Waals surface area contributed by atoms with Crippen LogP contribution in [0.5, 0.6) is 0 Å². The van der Waals surface area contributed by atoms with Crippen molar-refractivity contribution >= 4 is 21.6 Å². The van der Waals surface area contributed by atoms with Gasteiger partial charge in [-0.05, 0) is 42.5 Å². The van der Waals surface area contributed by atoms with Gasteiger partial charge in [0.05, 0.1) is 23.1 Å². The summed E-state index contributed by atoms with van der Waals surface area (Å²) < 4.78 is 31.3. The number of carbonyl (C=O) groups is 1. The highest BCUT2D eigenvalue weighted by atomic mass is 32.2. The van der Waals surface area contributed by atoms with E-state index in [4.69, 9.17) is 10.00 Å². The van der Waals surface area contributed by atoms with Crippen LogP contribution in [-0.2, 0) is 14.8 Å². The molecule has 0 aliphatic carbocycles. The van der Waals surface area contributed by atoms with Gasteiger partial charge >= 0.3 is 0 Å². The number of amides is 1. The Morgan fingerprint density at radius 2 is 1.92 bits per heavy atom. The molecule has 0 aliphatic heterocycles. The summed E-state index contributed by atoms with van der Waals surface area (Å²) in [6.07, 6.45) is 0. The number of methoxy groups -OCH3 is 1. The van der Waals surface area contributed by atoms with Crippen LogP contribution < -0.4 is 10.0 Å². The van der Waals surface area contributed by atoms with Crippen molar-refractivity contribution in [1.29, 1.82) is 5.26 Å². The number of nitriles is 1. The molecule has 1 amide bonds. The molecule has 0 aliphatic rings. The summed E-state index contributed by atoms with van der Waals surface area (Å²) in [6, 6.07) is 14.1. The molecule has 2 aromatic rings. The molecule has 0 heterocycles. The van der Waals surface area contributed by atoms with Crippen LogP contribution >= 0.6 is 0 Å². The molecule has 0 fully saturated rings. The van der Waals surface area contributed by atoms with Gasteiger partial charge in [0.15, 0.2) is 0 Å². The first-order valence-electron chi connectivity index (χ1n) is 7.36. The lowest BCUT2D eigenvalue weighted by Crippen LogP contribution is -2.27. The molecule has 8 heteroatoms. The van der Waals surface area contributed by atoms with E-state index in [1.807, 2.05) is 6.07 Å². The van der Waals surface area contributed by atoms with E-state index in [-0.39, 0.29) is 18.0 Å². The zero-order valence-electron chi connectivity index (χ0n) is 13.5. The largest absolute Gasteiger partial charge is 0.383 e. The first-order valence-corrected chi connectivity index (χ1v) is 8.85. The van der Waals surface area contributed by atoms with Crippen LogP contribution in [0.1, 0.15) is 15.9 Å². The van der Waals surface area contributed by atoms with E-state index in [2.05, 4.69) is 10.0 Å². The van der Waals surface area contributed by atoms with E-state index in [0.717, 1.165) is 0 Å². The van der Waals surface area contributed by atoms with Gasteiger partial charge in [-0.3, -0.25) is 4.79 Å².